The molecule has 0 saturated heterocycles. The van der Waals surface area contributed by atoms with Gasteiger partial charge in [-0.3, -0.25) is 0 Å². The van der Waals surface area contributed by atoms with Gasteiger partial charge in [0.05, 0.1) is 7.11 Å². The molecule has 1 unspecified atom stereocenters. The molecule has 0 radical (unpaired) electrons. The van der Waals surface area contributed by atoms with Crippen molar-refractivity contribution in [3.05, 3.63) is 65.1 Å². The van der Waals surface area contributed by atoms with Crippen LogP contribution in [0.3, 0.4) is 0 Å². The molecule has 1 atom stereocenters. The molecule has 0 amide bonds. The first kappa shape index (κ1) is 18.3. The molecule has 0 aliphatic heterocycles. The van der Waals surface area contributed by atoms with E-state index in [9.17, 15) is 18.3 Å². The number of aryl methyl sites for hydroxylation is 1. The van der Waals surface area contributed by atoms with Crippen LogP contribution in [0.1, 0.15) is 17.0 Å². The van der Waals surface area contributed by atoms with Gasteiger partial charge >= 0.3 is 6.18 Å². The lowest BCUT2D eigenvalue weighted by Crippen LogP contribution is -2.21. The van der Waals surface area contributed by atoms with Crippen LogP contribution in [0, 0.1) is 6.92 Å². The van der Waals surface area contributed by atoms with Crippen LogP contribution in [0.25, 0.3) is 0 Å². The number of halogens is 3. The van der Waals surface area contributed by atoms with Crippen LogP contribution in [0.15, 0.2) is 58.8 Å². The van der Waals surface area contributed by atoms with Gasteiger partial charge in [0, 0.05) is 16.5 Å². The van der Waals surface area contributed by atoms with E-state index in [0.29, 0.717) is 4.90 Å². The molecule has 0 aliphatic carbocycles. The Morgan fingerprint density at radius 3 is 2.29 bits per heavy atom. The van der Waals surface area contributed by atoms with Crippen LogP contribution in [-0.4, -0.2) is 18.4 Å². The molecule has 2 aromatic carbocycles. The van der Waals surface area contributed by atoms with Crippen LogP contribution in [-0.2, 0) is 0 Å². The highest BCUT2D eigenvalue weighted by atomic mass is 32.2. The summed E-state index contributed by atoms with van der Waals surface area (Å²) in [5, 5.41) is 9.98. The van der Waals surface area contributed by atoms with Gasteiger partial charge in [0.15, 0.2) is 0 Å². The molecular weight excluding hydrogens is 337 g/mol. The highest BCUT2D eigenvalue weighted by Crippen LogP contribution is 2.48. The lowest BCUT2D eigenvalue weighted by molar-refractivity contribution is -0.140. The van der Waals surface area contributed by atoms with E-state index in [1.165, 1.54) is 19.2 Å². The summed E-state index contributed by atoms with van der Waals surface area (Å²) < 4.78 is 45.6. The molecule has 128 valence electrons. The highest BCUT2D eigenvalue weighted by Gasteiger charge is 2.44. The standard InChI is InChI=1S/C18H17F3O2S/c1-11-4-7-14(8-5-11)24-12(2)17(18(19,20)21)15-9-6-13(23-3)10-16(15)22/h4-10,17,22H,2H2,1,3H3. The summed E-state index contributed by atoms with van der Waals surface area (Å²) in [5.74, 6) is -2.16. The number of hydrogen-bond donors (Lipinski definition) is 1. The Balaban J connectivity index is 2.35. The van der Waals surface area contributed by atoms with E-state index in [0.717, 1.165) is 23.4 Å². The lowest BCUT2D eigenvalue weighted by atomic mass is 9.97. The molecule has 0 fully saturated rings. The van der Waals surface area contributed by atoms with E-state index in [1.807, 2.05) is 19.1 Å². The van der Waals surface area contributed by atoms with Crippen molar-refractivity contribution >= 4 is 11.8 Å². The van der Waals surface area contributed by atoms with E-state index < -0.39 is 17.8 Å². The first-order valence-electron chi connectivity index (χ1n) is 7.09. The molecular formula is C18H17F3O2S. The highest BCUT2D eigenvalue weighted by molar-refractivity contribution is 8.03. The van der Waals surface area contributed by atoms with Crippen LogP contribution >= 0.6 is 11.8 Å². The van der Waals surface area contributed by atoms with Gasteiger partial charge in [0.2, 0.25) is 0 Å². The summed E-state index contributed by atoms with van der Waals surface area (Å²) >= 11 is 0.944. The molecule has 2 rings (SSSR count). The summed E-state index contributed by atoms with van der Waals surface area (Å²) in [7, 11) is 1.38. The monoisotopic (exact) mass is 354 g/mol. The van der Waals surface area contributed by atoms with Crippen molar-refractivity contribution in [2.45, 2.75) is 23.9 Å². The zero-order chi connectivity index (χ0) is 17.9. The predicted molar refractivity (Wildman–Crippen MR) is 89.6 cm³/mol. The molecule has 0 heterocycles. The zero-order valence-electron chi connectivity index (χ0n) is 13.2. The largest absolute Gasteiger partial charge is 0.508 e. The molecule has 24 heavy (non-hydrogen) atoms. The van der Waals surface area contributed by atoms with Gasteiger partial charge < -0.3 is 9.84 Å². The number of phenolic OH excluding ortho intramolecular Hbond substituents is 1. The Labute approximate surface area is 143 Å². The number of allylic oxidation sites excluding steroid dienone is 1. The van der Waals surface area contributed by atoms with Gasteiger partial charge in [-0.2, -0.15) is 13.2 Å². The van der Waals surface area contributed by atoms with Crippen molar-refractivity contribution < 1.29 is 23.0 Å². The number of ether oxygens (including phenoxy) is 1. The number of aromatic hydroxyl groups is 1. The van der Waals surface area contributed by atoms with Gasteiger partial charge in [-0.25, -0.2) is 0 Å². The van der Waals surface area contributed by atoms with Crippen molar-refractivity contribution in [3.8, 4) is 11.5 Å². The average molecular weight is 354 g/mol. The van der Waals surface area contributed by atoms with E-state index in [1.54, 1.807) is 12.1 Å². The first-order valence-corrected chi connectivity index (χ1v) is 7.91. The SMILES string of the molecule is C=C(Sc1ccc(C)cc1)C(c1ccc(OC)cc1O)C(F)(F)F. The minimum atomic E-state index is -4.57. The number of alkyl halides is 3. The number of hydrogen-bond acceptors (Lipinski definition) is 3. The second-order valence-electron chi connectivity index (χ2n) is 5.28. The van der Waals surface area contributed by atoms with E-state index >= 15 is 0 Å². The first-order chi connectivity index (χ1) is 11.2. The zero-order valence-corrected chi connectivity index (χ0v) is 14.0. The van der Waals surface area contributed by atoms with Crippen molar-refractivity contribution in [2.24, 2.45) is 0 Å². The molecule has 2 aromatic rings. The van der Waals surface area contributed by atoms with Gasteiger partial charge in [0.25, 0.3) is 0 Å². The van der Waals surface area contributed by atoms with Crippen LogP contribution in [0.5, 0.6) is 11.5 Å². The fourth-order valence-corrected chi connectivity index (χ4v) is 3.20. The van der Waals surface area contributed by atoms with Crippen molar-refractivity contribution in [2.75, 3.05) is 7.11 Å². The summed E-state index contributed by atoms with van der Waals surface area (Å²) in [6.45, 7) is 5.50. The molecule has 0 aliphatic rings. The normalized spacial score (nSPS) is 12.7. The Morgan fingerprint density at radius 1 is 1.17 bits per heavy atom. The van der Waals surface area contributed by atoms with Crippen molar-refractivity contribution in [1.82, 2.24) is 0 Å². The maximum atomic E-state index is 13.6. The molecule has 6 heteroatoms. The van der Waals surface area contributed by atoms with E-state index in [4.69, 9.17) is 4.74 Å². The second kappa shape index (κ2) is 7.21. The third kappa shape index (κ3) is 4.26. The number of methoxy groups -OCH3 is 1. The van der Waals surface area contributed by atoms with Gasteiger partial charge in [-0.05, 0) is 30.0 Å². The molecule has 0 bridgehead atoms. The topological polar surface area (TPSA) is 29.5 Å². The van der Waals surface area contributed by atoms with Crippen LogP contribution < -0.4 is 4.74 Å². The maximum Gasteiger partial charge on any atom is 0.400 e. The molecule has 0 saturated carbocycles. The summed E-state index contributed by atoms with van der Waals surface area (Å²) in [5.41, 5.74) is 0.776. The quantitative estimate of drug-likeness (QED) is 0.703. The number of phenols is 1. The Kier molecular flexibility index (Phi) is 5.49. The number of rotatable bonds is 5. The number of benzene rings is 2. The fraction of sp³-hybridized carbons (Fsp3) is 0.222. The minimum absolute atomic E-state index is 0.105. The Bertz CT molecular complexity index is 724. The summed E-state index contributed by atoms with van der Waals surface area (Å²) in [6, 6.07) is 10.9. The van der Waals surface area contributed by atoms with E-state index in [2.05, 4.69) is 6.58 Å². The van der Waals surface area contributed by atoms with Crippen LogP contribution in [0.2, 0.25) is 0 Å². The van der Waals surface area contributed by atoms with Gasteiger partial charge in [-0.1, -0.05) is 42.1 Å². The lowest BCUT2D eigenvalue weighted by Gasteiger charge is -2.23. The second-order valence-corrected chi connectivity index (χ2v) is 6.48. The Hall–Kier alpha value is -2.08. The Morgan fingerprint density at radius 2 is 1.79 bits per heavy atom. The summed E-state index contributed by atoms with van der Waals surface area (Å²) in [6.07, 6.45) is -4.57. The minimum Gasteiger partial charge on any atom is -0.508 e. The fourth-order valence-electron chi connectivity index (χ4n) is 2.24. The van der Waals surface area contributed by atoms with Crippen molar-refractivity contribution in [3.63, 3.8) is 0 Å². The van der Waals surface area contributed by atoms with E-state index in [-0.39, 0.29) is 16.2 Å². The predicted octanol–water partition coefficient (Wildman–Crippen LogP) is 5.66. The van der Waals surface area contributed by atoms with Gasteiger partial charge in [-0.15, -0.1) is 0 Å². The maximum absolute atomic E-state index is 13.6. The van der Waals surface area contributed by atoms with Crippen molar-refractivity contribution in [1.29, 1.82) is 0 Å². The third-order valence-corrected chi connectivity index (χ3v) is 4.47. The number of thioether (sulfide) groups is 1. The molecule has 0 spiro atoms. The smallest absolute Gasteiger partial charge is 0.400 e. The van der Waals surface area contributed by atoms with Gasteiger partial charge in [0.1, 0.15) is 17.4 Å². The average Bonchev–Trinajstić information content (AvgIpc) is 2.50. The molecule has 2 nitrogen and oxygen atoms in total. The third-order valence-electron chi connectivity index (χ3n) is 3.47. The molecule has 1 N–H and O–H groups in total. The molecule has 0 aromatic heterocycles. The van der Waals surface area contributed by atoms with Crippen LogP contribution in [0.4, 0.5) is 13.2 Å². The summed E-state index contributed by atoms with van der Waals surface area (Å²) in [4.78, 5) is 0.555.